The Morgan fingerprint density at radius 2 is 2.00 bits per heavy atom. The van der Waals surface area contributed by atoms with E-state index in [1.54, 1.807) is 6.20 Å². The van der Waals surface area contributed by atoms with Crippen molar-refractivity contribution in [3.05, 3.63) is 40.4 Å². The molecule has 0 radical (unpaired) electrons. The molecule has 4 heterocycles. The molecular formula is C21H23N5O2. The van der Waals surface area contributed by atoms with Gasteiger partial charge in [-0.15, -0.1) is 0 Å². The monoisotopic (exact) mass is 377 g/mol. The molecule has 0 aliphatic heterocycles. The zero-order valence-corrected chi connectivity index (χ0v) is 16.2. The summed E-state index contributed by atoms with van der Waals surface area (Å²) in [5.41, 5.74) is 4.91. The molecule has 0 aromatic carbocycles. The van der Waals surface area contributed by atoms with E-state index in [9.17, 15) is 4.79 Å². The van der Waals surface area contributed by atoms with Crippen LogP contribution in [-0.2, 0) is 6.54 Å². The highest BCUT2D eigenvalue weighted by molar-refractivity contribution is 6.02. The Hall–Kier alpha value is -2.96. The molecule has 0 atom stereocenters. The molecule has 1 aliphatic rings. The molecule has 7 heteroatoms. The van der Waals surface area contributed by atoms with Crippen molar-refractivity contribution >= 4 is 21.9 Å². The maximum absolute atomic E-state index is 12.6. The number of nitrogens with one attached hydrogen (secondary N) is 1. The van der Waals surface area contributed by atoms with E-state index in [0.29, 0.717) is 5.92 Å². The van der Waals surface area contributed by atoms with Crippen LogP contribution in [0.3, 0.4) is 0 Å². The lowest BCUT2D eigenvalue weighted by Gasteiger charge is -2.21. The molecule has 144 valence electrons. The minimum absolute atomic E-state index is 0.0651. The fourth-order valence-electron chi connectivity index (χ4n) is 4.53. The Balaban J connectivity index is 1.65. The van der Waals surface area contributed by atoms with Crippen LogP contribution in [0.4, 0.5) is 0 Å². The molecule has 0 saturated heterocycles. The van der Waals surface area contributed by atoms with Gasteiger partial charge in [0.05, 0.1) is 39.7 Å². The van der Waals surface area contributed by atoms with Crippen LogP contribution in [0.2, 0.25) is 0 Å². The van der Waals surface area contributed by atoms with Crippen LogP contribution in [-0.4, -0.2) is 24.7 Å². The van der Waals surface area contributed by atoms with Gasteiger partial charge in [-0.1, -0.05) is 24.4 Å². The maximum atomic E-state index is 12.6. The van der Waals surface area contributed by atoms with Crippen molar-refractivity contribution < 1.29 is 4.52 Å². The normalized spacial score (nSPS) is 15.6. The summed E-state index contributed by atoms with van der Waals surface area (Å²) in [6, 6.07) is 1.95. The van der Waals surface area contributed by atoms with Crippen molar-refractivity contribution in [3.63, 3.8) is 0 Å². The second-order valence-electron chi connectivity index (χ2n) is 7.85. The van der Waals surface area contributed by atoms with Gasteiger partial charge in [0.25, 0.3) is 0 Å². The van der Waals surface area contributed by atoms with Crippen LogP contribution >= 0.6 is 0 Å². The van der Waals surface area contributed by atoms with E-state index in [4.69, 9.17) is 4.52 Å². The number of aromatic nitrogens is 5. The van der Waals surface area contributed by atoms with Crippen molar-refractivity contribution in [3.8, 4) is 11.3 Å². The van der Waals surface area contributed by atoms with Crippen molar-refractivity contribution in [2.45, 2.75) is 52.5 Å². The highest BCUT2D eigenvalue weighted by Crippen LogP contribution is 2.30. The maximum Gasteiger partial charge on any atom is 0.326 e. The van der Waals surface area contributed by atoms with E-state index in [2.05, 4.69) is 20.1 Å². The first-order valence-corrected chi connectivity index (χ1v) is 9.92. The minimum Gasteiger partial charge on any atom is -0.361 e. The van der Waals surface area contributed by atoms with Gasteiger partial charge in [-0.25, -0.2) is 4.79 Å². The molecule has 4 aromatic heterocycles. The van der Waals surface area contributed by atoms with Crippen LogP contribution in [0.5, 0.6) is 0 Å². The van der Waals surface area contributed by atoms with Crippen LogP contribution < -0.4 is 5.69 Å². The summed E-state index contributed by atoms with van der Waals surface area (Å²) < 4.78 is 7.16. The Morgan fingerprint density at radius 3 is 2.75 bits per heavy atom. The second-order valence-corrected chi connectivity index (χ2v) is 7.85. The minimum atomic E-state index is -0.0651. The van der Waals surface area contributed by atoms with E-state index < -0.39 is 0 Å². The number of fused-ring (bicyclic) bond motifs is 3. The Bertz CT molecular complexity index is 1210. The van der Waals surface area contributed by atoms with E-state index in [-0.39, 0.29) is 5.69 Å². The summed E-state index contributed by atoms with van der Waals surface area (Å²) in [5, 5.41) is 4.91. The lowest BCUT2D eigenvalue weighted by Crippen LogP contribution is -2.23. The molecule has 1 N–H and O–H groups in total. The van der Waals surface area contributed by atoms with Crippen molar-refractivity contribution in [2.24, 2.45) is 5.92 Å². The average Bonchev–Trinajstić information content (AvgIpc) is 3.21. The molecule has 1 aliphatic carbocycles. The summed E-state index contributed by atoms with van der Waals surface area (Å²) >= 11 is 0. The molecule has 0 bridgehead atoms. The summed E-state index contributed by atoms with van der Waals surface area (Å²) in [7, 11) is 0. The number of hydrogen-bond donors (Lipinski definition) is 1. The van der Waals surface area contributed by atoms with Crippen molar-refractivity contribution in [1.82, 2.24) is 24.7 Å². The Kier molecular flexibility index (Phi) is 4.03. The van der Waals surface area contributed by atoms with Crippen molar-refractivity contribution in [1.29, 1.82) is 0 Å². The van der Waals surface area contributed by atoms with Crippen LogP contribution in [0.1, 0.15) is 43.6 Å². The van der Waals surface area contributed by atoms with Gasteiger partial charge in [0.1, 0.15) is 5.76 Å². The standard InChI is InChI=1S/C21H23N5O2/c1-12-19(13(2)28-25-12)17-8-16-15(9-22-17)20-18(10-23-16)24-21(27)26(20)11-14-6-4-3-5-7-14/h8-10,14H,3-7,11H2,1-2H3,(H,24,27). The molecule has 0 amide bonds. The molecule has 28 heavy (non-hydrogen) atoms. The van der Waals surface area contributed by atoms with E-state index >= 15 is 0 Å². The number of imidazole rings is 1. The smallest absolute Gasteiger partial charge is 0.326 e. The summed E-state index contributed by atoms with van der Waals surface area (Å²) in [6.07, 6.45) is 9.76. The summed E-state index contributed by atoms with van der Waals surface area (Å²) in [6.45, 7) is 4.54. The number of nitrogens with zero attached hydrogens (tertiary/aromatic N) is 4. The first-order valence-electron chi connectivity index (χ1n) is 9.92. The van der Waals surface area contributed by atoms with Crippen LogP contribution in [0, 0.1) is 19.8 Å². The zero-order valence-electron chi connectivity index (χ0n) is 16.2. The van der Waals surface area contributed by atoms with E-state index in [0.717, 1.165) is 51.2 Å². The van der Waals surface area contributed by atoms with Crippen molar-refractivity contribution in [2.75, 3.05) is 0 Å². The first-order chi connectivity index (χ1) is 13.6. The van der Waals surface area contributed by atoms with Crippen LogP contribution in [0.25, 0.3) is 33.2 Å². The Morgan fingerprint density at radius 1 is 1.18 bits per heavy atom. The third-order valence-electron chi connectivity index (χ3n) is 5.94. The highest BCUT2D eigenvalue weighted by Gasteiger charge is 2.19. The highest BCUT2D eigenvalue weighted by atomic mass is 16.5. The first kappa shape index (κ1) is 17.2. The van der Waals surface area contributed by atoms with Gasteiger partial charge < -0.3 is 9.51 Å². The van der Waals surface area contributed by atoms with E-state index in [1.807, 2.05) is 30.7 Å². The second kappa shape index (κ2) is 6.58. The predicted octanol–water partition coefficient (Wildman–Crippen LogP) is 4.12. The van der Waals surface area contributed by atoms with Gasteiger partial charge in [0.2, 0.25) is 0 Å². The third kappa shape index (κ3) is 2.73. The summed E-state index contributed by atoms with van der Waals surface area (Å²) in [5.74, 6) is 1.30. The van der Waals surface area contributed by atoms with Gasteiger partial charge in [-0.2, -0.15) is 0 Å². The van der Waals surface area contributed by atoms with E-state index in [1.165, 1.54) is 32.1 Å². The molecule has 4 aromatic rings. The fraction of sp³-hybridized carbons (Fsp3) is 0.429. The van der Waals surface area contributed by atoms with Gasteiger partial charge >= 0.3 is 5.69 Å². The lowest BCUT2D eigenvalue weighted by molar-refractivity contribution is 0.319. The average molecular weight is 377 g/mol. The topological polar surface area (TPSA) is 89.6 Å². The van der Waals surface area contributed by atoms with Crippen LogP contribution in [0.15, 0.2) is 27.8 Å². The quantitative estimate of drug-likeness (QED) is 0.580. The number of hydrogen-bond acceptors (Lipinski definition) is 5. The third-order valence-corrected chi connectivity index (χ3v) is 5.94. The molecule has 1 fully saturated rings. The van der Waals surface area contributed by atoms with Gasteiger partial charge in [-0.05, 0) is 38.7 Å². The molecule has 0 unspecified atom stereocenters. The SMILES string of the molecule is Cc1noc(C)c1-c1cc2ncc3[nH]c(=O)n(CC4CCCCC4)c3c2cn1. The molecule has 7 nitrogen and oxygen atoms in total. The number of rotatable bonds is 3. The molecule has 5 rings (SSSR count). The van der Waals surface area contributed by atoms with Gasteiger partial charge in [-0.3, -0.25) is 14.5 Å². The molecular weight excluding hydrogens is 354 g/mol. The molecule has 1 saturated carbocycles. The predicted molar refractivity (Wildman–Crippen MR) is 107 cm³/mol. The fourth-order valence-corrected chi connectivity index (χ4v) is 4.53. The Labute approximate surface area is 161 Å². The summed E-state index contributed by atoms with van der Waals surface area (Å²) in [4.78, 5) is 24.8. The van der Waals surface area contributed by atoms with Gasteiger partial charge in [0, 0.05) is 18.1 Å². The zero-order chi connectivity index (χ0) is 19.3. The number of aryl methyl sites for hydroxylation is 2. The largest absolute Gasteiger partial charge is 0.361 e. The number of H-pyrrole nitrogens is 1. The number of pyridine rings is 2. The lowest BCUT2D eigenvalue weighted by atomic mass is 9.89. The number of aromatic amines is 1. The van der Waals surface area contributed by atoms with Gasteiger partial charge in [0.15, 0.2) is 0 Å². The molecule has 0 spiro atoms.